The minimum atomic E-state index is 0.932. The number of benzene rings is 5. The molecule has 7 aromatic rings. The molecular weight excluding hydrogens is 366 g/mol. The smallest absolute Gasteiger partial charge is 0.136 e. The predicted octanol–water partition coefficient (Wildman–Crippen LogP) is 7.84. The van der Waals surface area contributed by atoms with Crippen molar-refractivity contribution in [1.82, 2.24) is 4.57 Å². The Labute approximate surface area is 172 Å². The summed E-state index contributed by atoms with van der Waals surface area (Å²) < 4.78 is 8.58. The van der Waals surface area contributed by atoms with Crippen molar-refractivity contribution in [3.8, 4) is 5.69 Å². The quantitative estimate of drug-likeness (QED) is 0.282. The molecule has 0 N–H and O–H groups in total. The van der Waals surface area contributed by atoms with Gasteiger partial charge >= 0.3 is 0 Å². The van der Waals surface area contributed by atoms with Gasteiger partial charge in [-0.25, -0.2) is 0 Å². The van der Waals surface area contributed by atoms with Gasteiger partial charge in [0, 0.05) is 26.9 Å². The van der Waals surface area contributed by atoms with Crippen LogP contribution in [0.5, 0.6) is 0 Å². The highest BCUT2D eigenvalue weighted by molar-refractivity contribution is 6.17. The Morgan fingerprint density at radius 2 is 1.20 bits per heavy atom. The fourth-order valence-electron chi connectivity index (χ4n) is 4.85. The second kappa shape index (κ2) is 5.74. The predicted molar refractivity (Wildman–Crippen MR) is 126 cm³/mol. The van der Waals surface area contributed by atoms with Crippen LogP contribution < -0.4 is 0 Å². The van der Waals surface area contributed by atoms with E-state index in [1.54, 1.807) is 0 Å². The second-order valence-electron chi connectivity index (χ2n) is 7.81. The fraction of sp³-hybridized carbons (Fsp3) is 0. The molecule has 0 spiro atoms. The molecule has 0 aliphatic rings. The maximum Gasteiger partial charge on any atom is 0.136 e. The van der Waals surface area contributed by atoms with Crippen LogP contribution >= 0.6 is 0 Å². The number of rotatable bonds is 1. The molecule has 2 heteroatoms. The van der Waals surface area contributed by atoms with Crippen LogP contribution in [0.2, 0.25) is 0 Å². The summed E-state index contributed by atoms with van der Waals surface area (Å²) in [6, 6.07) is 36.5. The molecule has 140 valence electrons. The van der Waals surface area contributed by atoms with Crippen LogP contribution in [-0.4, -0.2) is 4.57 Å². The van der Waals surface area contributed by atoms with Crippen LogP contribution in [0.1, 0.15) is 0 Å². The van der Waals surface area contributed by atoms with E-state index < -0.39 is 0 Å². The van der Waals surface area contributed by atoms with E-state index in [0.29, 0.717) is 0 Å². The first kappa shape index (κ1) is 15.8. The van der Waals surface area contributed by atoms with Crippen LogP contribution in [0.15, 0.2) is 108 Å². The molecule has 0 bridgehead atoms. The maximum absolute atomic E-state index is 6.19. The lowest BCUT2D eigenvalue weighted by molar-refractivity contribution is 0.669. The third-order valence-electron chi connectivity index (χ3n) is 6.18. The molecule has 5 aromatic carbocycles. The number of hydrogen-bond donors (Lipinski definition) is 0. The topological polar surface area (TPSA) is 18.1 Å². The first-order valence-electron chi connectivity index (χ1n) is 10.2. The van der Waals surface area contributed by atoms with E-state index >= 15 is 0 Å². The first-order chi connectivity index (χ1) is 14.9. The van der Waals surface area contributed by atoms with Crippen molar-refractivity contribution < 1.29 is 4.42 Å². The van der Waals surface area contributed by atoms with Gasteiger partial charge in [0.15, 0.2) is 0 Å². The number of furan rings is 1. The van der Waals surface area contributed by atoms with E-state index in [0.717, 1.165) is 21.9 Å². The van der Waals surface area contributed by atoms with Crippen molar-refractivity contribution >= 4 is 54.5 Å². The molecule has 30 heavy (non-hydrogen) atoms. The van der Waals surface area contributed by atoms with E-state index in [-0.39, 0.29) is 0 Å². The van der Waals surface area contributed by atoms with Crippen LogP contribution in [-0.2, 0) is 0 Å². The second-order valence-corrected chi connectivity index (χ2v) is 7.81. The number of nitrogens with zero attached hydrogens (tertiary/aromatic N) is 1. The van der Waals surface area contributed by atoms with E-state index in [1.165, 1.54) is 38.3 Å². The number of fused-ring (bicyclic) bond motifs is 7. The summed E-state index contributed by atoms with van der Waals surface area (Å²) in [5.74, 6) is 0. The van der Waals surface area contributed by atoms with Gasteiger partial charge < -0.3 is 8.98 Å². The van der Waals surface area contributed by atoms with E-state index in [4.69, 9.17) is 4.42 Å². The van der Waals surface area contributed by atoms with Crippen molar-refractivity contribution in [3.05, 3.63) is 103 Å². The molecule has 7 rings (SSSR count). The number of para-hydroxylation sites is 2. The summed E-state index contributed by atoms with van der Waals surface area (Å²) in [5, 5.41) is 7.26. The van der Waals surface area contributed by atoms with Gasteiger partial charge in [0.05, 0.1) is 16.7 Å². The van der Waals surface area contributed by atoms with Gasteiger partial charge in [0.2, 0.25) is 0 Å². The standard InChI is InChI=1S/C28H17NO/c1-2-10-19-18(8-1)9-7-14-24(19)29-25-13-5-3-11-20(25)22-17-28-23(16-26(22)29)21-12-4-6-15-27(21)30-28/h1-17H. The molecule has 0 amide bonds. The largest absolute Gasteiger partial charge is 0.456 e. The highest BCUT2D eigenvalue weighted by Gasteiger charge is 2.17. The molecule has 0 aliphatic heterocycles. The Hall–Kier alpha value is -4.04. The summed E-state index contributed by atoms with van der Waals surface area (Å²) in [6.07, 6.45) is 0. The minimum Gasteiger partial charge on any atom is -0.456 e. The van der Waals surface area contributed by atoms with Crippen LogP contribution in [0.3, 0.4) is 0 Å². The lowest BCUT2D eigenvalue weighted by Gasteiger charge is -2.11. The molecule has 0 fully saturated rings. The summed E-state index contributed by atoms with van der Waals surface area (Å²) in [5.41, 5.74) is 5.48. The minimum absolute atomic E-state index is 0.932. The van der Waals surface area contributed by atoms with Crippen LogP contribution in [0.4, 0.5) is 0 Å². The van der Waals surface area contributed by atoms with Gasteiger partial charge in [-0.3, -0.25) is 0 Å². The summed E-state index contributed by atoms with van der Waals surface area (Å²) >= 11 is 0. The first-order valence-corrected chi connectivity index (χ1v) is 10.2. The molecule has 0 radical (unpaired) electrons. The molecule has 0 atom stereocenters. The zero-order valence-electron chi connectivity index (χ0n) is 16.2. The zero-order valence-corrected chi connectivity index (χ0v) is 16.2. The highest BCUT2D eigenvalue weighted by atomic mass is 16.3. The molecule has 2 aromatic heterocycles. The van der Waals surface area contributed by atoms with Crippen molar-refractivity contribution in [3.63, 3.8) is 0 Å². The Morgan fingerprint density at radius 3 is 2.13 bits per heavy atom. The van der Waals surface area contributed by atoms with Gasteiger partial charge in [-0.1, -0.05) is 72.8 Å². The van der Waals surface area contributed by atoms with Crippen molar-refractivity contribution in [1.29, 1.82) is 0 Å². The molecule has 0 unspecified atom stereocenters. The fourth-order valence-corrected chi connectivity index (χ4v) is 4.85. The lowest BCUT2D eigenvalue weighted by Crippen LogP contribution is -1.95. The maximum atomic E-state index is 6.19. The van der Waals surface area contributed by atoms with Gasteiger partial charge in [-0.05, 0) is 35.7 Å². The third kappa shape index (κ3) is 2.03. The Kier molecular flexibility index (Phi) is 3.03. The average Bonchev–Trinajstić information content (AvgIpc) is 3.32. The highest BCUT2D eigenvalue weighted by Crippen LogP contribution is 2.39. The molecule has 0 aliphatic carbocycles. The van der Waals surface area contributed by atoms with Crippen LogP contribution in [0.25, 0.3) is 60.2 Å². The summed E-state index contributed by atoms with van der Waals surface area (Å²) in [7, 11) is 0. The van der Waals surface area contributed by atoms with Gasteiger partial charge in [0.25, 0.3) is 0 Å². The number of hydrogen-bond acceptors (Lipinski definition) is 1. The van der Waals surface area contributed by atoms with Gasteiger partial charge in [0.1, 0.15) is 11.2 Å². The molecule has 0 saturated heterocycles. The van der Waals surface area contributed by atoms with Crippen LogP contribution in [0, 0.1) is 0 Å². The molecule has 2 nitrogen and oxygen atoms in total. The summed E-state index contributed by atoms with van der Waals surface area (Å²) in [4.78, 5) is 0. The van der Waals surface area contributed by atoms with Gasteiger partial charge in [-0.15, -0.1) is 0 Å². The Morgan fingerprint density at radius 1 is 0.467 bits per heavy atom. The van der Waals surface area contributed by atoms with E-state index in [9.17, 15) is 0 Å². The SMILES string of the molecule is c1ccc2c(-n3c4ccccc4c4cc5oc6ccccc6c5cc43)cccc2c1. The third-order valence-corrected chi connectivity index (χ3v) is 6.18. The Balaban J connectivity index is 1.72. The summed E-state index contributed by atoms with van der Waals surface area (Å²) in [6.45, 7) is 0. The monoisotopic (exact) mass is 383 g/mol. The molecule has 0 saturated carbocycles. The van der Waals surface area contributed by atoms with Crippen molar-refractivity contribution in [2.45, 2.75) is 0 Å². The zero-order chi connectivity index (χ0) is 19.7. The lowest BCUT2D eigenvalue weighted by atomic mass is 10.1. The molecular formula is C28H17NO. The average molecular weight is 383 g/mol. The van der Waals surface area contributed by atoms with E-state index in [2.05, 4.69) is 95.6 Å². The van der Waals surface area contributed by atoms with Gasteiger partial charge in [-0.2, -0.15) is 0 Å². The molecule has 2 heterocycles. The number of aromatic nitrogens is 1. The normalized spacial score (nSPS) is 12.0. The van der Waals surface area contributed by atoms with Crippen molar-refractivity contribution in [2.24, 2.45) is 0 Å². The van der Waals surface area contributed by atoms with Crippen molar-refractivity contribution in [2.75, 3.05) is 0 Å². The Bertz CT molecular complexity index is 1740. The van der Waals surface area contributed by atoms with E-state index in [1.807, 2.05) is 12.1 Å².